The predicted octanol–water partition coefficient (Wildman–Crippen LogP) is 3.05. The third-order valence-electron chi connectivity index (χ3n) is 4.67. The molecule has 1 atom stereocenters. The number of nitrogens with two attached hydrogens (primary N) is 1. The normalized spacial score (nSPS) is 28.2. The Labute approximate surface area is 122 Å². The first-order chi connectivity index (χ1) is 9.70. The summed E-state index contributed by atoms with van der Waals surface area (Å²) in [7, 11) is 0. The molecule has 3 N–H and O–H groups in total. The van der Waals surface area contributed by atoms with E-state index in [0.29, 0.717) is 0 Å². The molecule has 1 aliphatic rings. The highest BCUT2D eigenvalue weighted by molar-refractivity contribution is 5.17. The molecule has 0 heterocycles. The zero-order chi connectivity index (χ0) is 14.4. The third kappa shape index (κ3) is 3.60. The molecule has 0 radical (unpaired) electrons. The van der Waals surface area contributed by atoms with Gasteiger partial charge in [0.25, 0.3) is 0 Å². The second-order valence-electron chi connectivity index (χ2n) is 6.09. The molecule has 0 amide bonds. The van der Waals surface area contributed by atoms with Crippen molar-refractivity contribution in [2.24, 2.45) is 11.8 Å². The summed E-state index contributed by atoms with van der Waals surface area (Å²) in [6.07, 6.45) is 5.58. The zero-order valence-electron chi connectivity index (χ0n) is 12.8. The molecule has 3 heteroatoms. The summed E-state index contributed by atoms with van der Waals surface area (Å²) in [5.41, 5.74) is 4.24. The summed E-state index contributed by atoms with van der Waals surface area (Å²) < 4.78 is 6.20. The smallest absolute Gasteiger partial charge is 0.0851 e. The second-order valence-corrected chi connectivity index (χ2v) is 6.09. The summed E-state index contributed by atoms with van der Waals surface area (Å²) in [4.78, 5) is 0. The van der Waals surface area contributed by atoms with Crippen molar-refractivity contribution in [3.8, 4) is 0 Å². The van der Waals surface area contributed by atoms with Crippen molar-refractivity contribution in [2.45, 2.75) is 57.6 Å². The molecule has 1 saturated carbocycles. The van der Waals surface area contributed by atoms with Crippen molar-refractivity contribution in [3.63, 3.8) is 0 Å². The van der Waals surface area contributed by atoms with E-state index in [1.807, 2.05) is 0 Å². The maximum Gasteiger partial charge on any atom is 0.0851 e. The quantitative estimate of drug-likeness (QED) is 0.620. The molecule has 20 heavy (non-hydrogen) atoms. The first-order valence-electron chi connectivity index (χ1n) is 7.84. The van der Waals surface area contributed by atoms with Gasteiger partial charge < -0.3 is 4.74 Å². The van der Waals surface area contributed by atoms with E-state index in [4.69, 9.17) is 10.6 Å². The zero-order valence-corrected chi connectivity index (χ0v) is 12.8. The van der Waals surface area contributed by atoms with Gasteiger partial charge >= 0.3 is 0 Å². The molecule has 0 bridgehead atoms. The average Bonchev–Trinajstić information content (AvgIpc) is 2.49. The third-order valence-corrected chi connectivity index (χ3v) is 4.67. The molecule has 0 saturated heterocycles. The van der Waals surface area contributed by atoms with Crippen LogP contribution in [0.15, 0.2) is 30.3 Å². The van der Waals surface area contributed by atoms with Gasteiger partial charge in [-0.05, 0) is 50.5 Å². The van der Waals surface area contributed by atoms with Gasteiger partial charge in [0.05, 0.1) is 11.6 Å². The molecule has 0 aromatic heterocycles. The van der Waals surface area contributed by atoms with Gasteiger partial charge in [0.1, 0.15) is 0 Å². The Hall–Kier alpha value is -0.900. The van der Waals surface area contributed by atoms with E-state index in [1.165, 1.54) is 18.4 Å². The van der Waals surface area contributed by atoms with E-state index < -0.39 is 0 Å². The molecule has 3 nitrogen and oxygen atoms in total. The molecule has 112 valence electrons. The van der Waals surface area contributed by atoms with Gasteiger partial charge in [0, 0.05) is 6.61 Å². The SMILES string of the molecule is CCOC1(C(Cc2ccccc2)NN)CCC(C)CC1. The van der Waals surface area contributed by atoms with E-state index in [0.717, 1.165) is 31.8 Å². The first-order valence-corrected chi connectivity index (χ1v) is 7.84. The lowest BCUT2D eigenvalue weighted by molar-refractivity contribution is -0.0961. The van der Waals surface area contributed by atoms with E-state index in [9.17, 15) is 0 Å². The van der Waals surface area contributed by atoms with Crippen LogP contribution in [0.4, 0.5) is 0 Å². The Morgan fingerprint density at radius 3 is 2.50 bits per heavy atom. The van der Waals surface area contributed by atoms with Crippen LogP contribution >= 0.6 is 0 Å². The summed E-state index contributed by atoms with van der Waals surface area (Å²) >= 11 is 0. The Bertz CT molecular complexity index is 385. The summed E-state index contributed by atoms with van der Waals surface area (Å²) in [5.74, 6) is 6.68. The molecular weight excluding hydrogens is 248 g/mol. The van der Waals surface area contributed by atoms with Crippen molar-refractivity contribution in [2.75, 3.05) is 6.61 Å². The van der Waals surface area contributed by atoms with E-state index in [1.54, 1.807) is 0 Å². The highest BCUT2D eigenvalue weighted by atomic mass is 16.5. The van der Waals surface area contributed by atoms with Crippen LogP contribution in [0.1, 0.15) is 45.1 Å². The average molecular weight is 276 g/mol. The van der Waals surface area contributed by atoms with Crippen molar-refractivity contribution < 1.29 is 4.74 Å². The van der Waals surface area contributed by atoms with Gasteiger partial charge in [-0.2, -0.15) is 0 Å². The fraction of sp³-hybridized carbons (Fsp3) is 0.647. The van der Waals surface area contributed by atoms with Gasteiger partial charge in [-0.15, -0.1) is 0 Å². The highest BCUT2D eigenvalue weighted by Crippen LogP contribution is 2.38. The van der Waals surface area contributed by atoms with Crippen LogP contribution in [0.2, 0.25) is 0 Å². The maximum absolute atomic E-state index is 6.20. The predicted molar refractivity (Wildman–Crippen MR) is 83.2 cm³/mol. The summed E-state index contributed by atoms with van der Waals surface area (Å²) in [5, 5.41) is 0. The minimum Gasteiger partial charge on any atom is -0.374 e. The van der Waals surface area contributed by atoms with Gasteiger partial charge in [0.2, 0.25) is 0 Å². The fourth-order valence-corrected chi connectivity index (χ4v) is 3.38. The number of nitrogens with one attached hydrogen (secondary N) is 1. The highest BCUT2D eigenvalue weighted by Gasteiger charge is 2.41. The van der Waals surface area contributed by atoms with Gasteiger partial charge in [0.15, 0.2) is 0 Å². The van der Waals surface area contributed by atoms with Crippen LogP contribution < -0.4 is 11.3 Å². The maximum atomic E-state index is 6.20. The monoisotopic (exact) mass is 276 g/mol. The number of hydrogen-bond acceptors (Lipinski definition) is 3. The molecule has 1 aromatic rings. The van der Waals surface area contributed by atoms with Crippen LogP contribution in [0.3, 0.4) is 0 Å². The second kappa shape index (κ2) is 7.21. The Kier molecular flexibility index (Phi) is 5.58. The summed E-state index contributed by atoms with van der Waals surface area (Å²) in [6.45, 7) is 5.16. The summed E-state index contributed by atoms with van der Waals surface area (Å²) in [6, 6.07) is 10.7. The molecule has 0 spiro atoms. The van der Waals surface area contributed by atoms with Gasteiger partial charge in [-0.1, -0.05) is 37.3 Å². The van der Waals surface area contributed by atoms with Crippen LogP contribution in [-0.4, -0.2) is 18.2 Å². The Morgan fingerprint density at radius 1 is 1.30 bits per heavy atom. The topological polar surface area (TPSA) is 47.3 Å². The number of ether oxygens (including phenoxy) is 1. The number of rotatable bonds is 6. The van der Waals surface area contributed by atoms with Crippen LogP contribution in [0.5, 0.6) is 0 Å². The molecular formula is C17H28N2O. The Balaban J connectivity index is 2.13. The van der Waals surface area contributed by atoms with E-state index >= 15 is 0 Å². The lowest BCUT2D eigenvalue weighted by Crippen LogP contribution is -2.57. The standard InChI is InChI=1S/C17H28N2O/c1-3-20-17(11-9-14(2)10-12-17)16(19-18)13-15-7-5-4-6-8-15/h4-8,14,16,19H,3,9-13,18H2,1-2H3. The minimum atomic E-state index is -0.105. The van der Waals surface area contributed by atoms with Crippen molar-refractivity contribution in [1.82, 2.24) is 5.43 Å². The van der Waals surface area contributed by atoms with Crippen molar-refractivity contribution in [1.29, 1.82) is 0 Å². The van der Waals surface area contributed by atoms with Crippen molar-refractivity contribution >= 4 is 0 Å². The minimum absolute atomic E-state index is 0.105. The lowest BCUT2D eigenvalue weighted by atomic mass is 9.74. The van der Waals surface area contributed by atoms with Crippen LogP contribution in [-0.2, 0) is 11.2 Å². The molecule has 1 unspecified atom stereocenters. The molecule has 2 rings (SSSR count). The first kappa shape index (κ1) is 15.5. The number of hydrogen-bond donors (Lipinski definition) is 2. The lowest BCUT2D eigenvalue weighted by Gasteiger charge is -2.44. The number of benzene rings is 1. The number of hydrazine groups is 1. The van der Waals surface area contributed by atoms with Gasteiger partial charge in [-0.3, -0.25) is 11.3 Å². The van der Waals surface area contributed by atoms with Gasteiger partial charge in [-0.25, -0.2) is 0 Å². The van der Waals surface area contributed by atoms with E-state index in [-0.39, 0.29) is 11.6 Å². The fourth-order valence-electron chi connectivity index (χ4n) is 3.38. The molecule has 1 fully saturated rings. The molecule has 1 aromatic carbocycles. The van der Waals surface area contributed by atoms with E-state index in [2.05, 4.69) is 49.6 Å². The largest absolute Gasteiger partial charge is 0.374 e. The molecule has 1 aliphatic carbocycles. The Morgan fingerprint density at radius 2 is 1.95 bits per heavy atom. The van der Waals surface area contributed by atoms with Crippen LogP contribution in [0.25, 0.3) is 0 Å². The van der Waals surface area contributed by atoms with Crippen LogP contribution in [0, 0.1) is 5.92 Å². The molecule has 0 aliphatic heterocycles. The van der Waals surface area contributed by atoms with Crippen molar-refractivity contribution in [3.05, 3.63) is 35.9 Å².